The molecule has 1 aliphatic rings. The first-order valence-electron chi connectivity index (χ1n) is 6.96. The van der Waals surface area contributed by atoms with Gasteiger partial charge in [0.1, 0.15) is 6.07 Å². The van der Waals surface area contributed by atoms with Crippen LogP contribution in [0.1, 0.15) is 17.1 Å². The van der Waals surface area contributed by atoms with E-state index in [1.54, 1.807) is 6.08 Å². The SMILES string of the molecule is N#Cc1nc(/C=C/c2ccccc2)oc1N1CCNCC1. The zero-order valence-corrected chi connectivity index (χ0v) is 11.6. The molecule has 0 amide bonds. The third kappa shape index (κ3) is 3.12. The van der Waals surface area contributed by atoms with E-state index in [0.717, 1.165) is 31.7 Å². The summed E-state index contributed by atoms with van der Waals surface area (Å²) in [5.74, 6) is 1.04. The highest BCUT2D eigenvalue weighted by atomic mass is 16.4. The van der Waals surface area contributed by atoms with E-state index in [2.05, 4.69) is 21.3 Å². The van der Waals surface area contributed by atoms with Crippen molar-refractivity contribution in [2.45, 2.75) is 0 Å². The number of nitrogens with one attached hydrogen (secondary N) is 1. The maximum atomic E-state index is 9.21. The summed E-state index contributed by atoms with van der Waals surface area (Å²) in [5, 5.41) is 12.5. The molecule has 0 bridgehead atoms. The van der Waals surface area contributed by atoms with Crippen molar-refractivity contribution in [3.63, 3.8) is 0 Å². The van der Waals surface area contributed by atoms with E-state index >= 15 is 0 Å². The largest absolute Gasteiger partial charge is 0.420 e. The van der Waals surface area contributed by atoms with Crippen LogP contribution in [0.3, 0.4) is 0 Å². The maximum Gasteiger partial charge on any atom is 0.235 e. The molecule has 0 unspecified atom stereocenters. The van der Waals surface area contributed by atoms with Crippen molar-refractivity contribution in [2.75, 3.05) is 31.1 Å². The Morgan fingerprint density at radius 2 is 1.95 bits per heavy atom. The molecule has 5 nitrogen and oxygen atoms in total. The Morgan fingerprint density at radius 3 is 2.67 bits per heavy atom. The monoisotopic (exact) mass is 280 g/mol. The first-order chi connectivity index (χ1) is 10.4. The van der Waals surface area contributed by atoms with Gasteiger partial charge < -0.3 is 14.6 Å². The van der Waals surface area contributed by atoms with Crippen molar-refractivity contribution < 1.29 is 4.42 Å². The number of hydrogen-bond donors (Lipinski definition) is 1. The Morgan fingerprint density at radius 1 is 1.19 bits per heavy atom. The lowest BCUT2D eigenvalue weighted by molar-refractivity contribution is 0.498. The molecular weight excluding hydrogens is 264 g/mol. The summed E-state index contributed by atoms with van der Waals surface area (Å²) in [5.41, 5.74) is 1.42. The molecule has 3 rings (SSSR count). The van der Waals surface area contributed by atoms with E-state index in [4.69, 9.17) is 4.42 Å². The number of nitrogens with zero attached hydrogens (tertiary/aromatic N) is 3. The Hall–Kier alpha value is -2.58. The number of oxazole rings is 1. The molecular formula is C16H16N4O. The maximum absolute atomic E-state index is 9.21. The van der Waals surface area contributed by atoms with Crippen LogP contribution in [0.2, 0.25) is 0 Å². The summed E-state index contributed by atoms with van der Waals surface area (Å²) in [6.07, 6.45) is 3.72. The van der Waals surface area contributed by atoms with Gasteiger partial charge in [0.2, 0.25) is 17.5 Å². The quantitative estimate of drug-likeness (QED) is 0.933. The average molecular weight is 280 g/mol. The van der Waals surface area contributed by atoms with Gasteiger partial charge in [-0.1, -0.05) is 30.3 Å². The molecule has 0 aliphatic carbocycles. The summed E-state index contributed by atoms with van der Waals surface area (Å²) in [7, 11) is 0. The molecule has 2 heterocycles. The highest BCUT2D eigenvalue weighted by Crippen LogP contribution is 2.23. The second kappa shape index (κ2) is 6.25. The van der Waals surface area contributed by atoms with E-state index in [1.165, 1.54) is 0 Å². The summed E-state index contributed by atoms with van der Waals surface area (Å²) < 4.78 is 5.74. The molecule has 21 heavy (non-hydrogen) atoms. The van der Waals surface area contributed by atoms with Gasteiger partial charge in [0.05, 0.1) is 0 Å². The molecule has 1 aromatic carbocycles. The summed E-state index contributed by atoms with van der Waals surface area (Å²) in [6.45, 7) is 3.43. The fourth-order valence-corrected chi connectivity index (χ4v) is 2.29. The van der Waals surface area contributed by atoms with Crippen molar-refractivity contribution in [1.29, 1.82) is 5.26 Å². The van der Waals surface area contributed by atoms with Gasteiger partial charge in [-0.3, -0.25) is 0 Å². The van der Waals surface area contributed by atoms with Gasteiger partial charge in [0, 0.05) is 32.3 Å². The van der Waals surface area contributed by atoms with Gasteiger partial charge in [-0.15, -0.1) is 0 Å². The predicted molar refractivity (Wildman–Crippen MR) is 81.7 cm³/mol. The standard InChI is InChI=1S/C16H16N4O/c17-12-14-16(20-10-8-18-9-11-20)21-15(19-14)7-6-13-4-2-1-3-5-13/h1-7,18H,8-11H2/b7-6+. The molecule has 1 aromatic heterocycles. The van der Waals surface area contributed by atoms with Crippen LogP contribution in [0.25, 0.3) is 12.2 Å². The predicted octanol–water partition coefficient (Wildman–Crippen LogP) is 2.13. The van der Waals surface area contributed by atoms with Crippen LogP contribution in [-0.4, -0.2) is 31.2 Å². The molecule has 0 saturated carbocycles. The number of nitriles is 1. The second-order valence-corrected chi connectivity index (χ2v) is 4.80. The third-order valence-electron chi connectivity index (χ3n) is 3.35. The van der Waals surface area contributed by atoms with Gasteiger partial charge in [0.25, 0.3) is 0 Å². The van der Waals surface area contributed by atoms with Crippen LogP contribution in [-0.2, 0) is 0 Å². The molecule has 0 radical (unpaired) electrons. The Balaban J connectivity index is 1.82. The summed E-state index contributed by atoms with van der Waals surface area (Å²) in [4.78, 5) is 6.30. The highest BCUT2D eigenvalue weighted by molar-refractivity contribution is 5.67. The van der Waals surface area contributed by atoms with Crippen molar-refractivity contribution in [1.82, 2.24) is 10.3 Å². The molecule has 1 N–H and O–H groups in total. The van der Waals surface area contributed by atoms with Crippen molar-refractivity contribution in [2.24, 2.45) is 0 Å². The molecule has 0 spiro atoms. The molecule has 106 valence electrons. The number of benzene rings is 1. The van der Waals surface area contributed by atoms with Crippen LogP contribution >= 0.6 is 0 Å². The smallest absolute Gasteiger partial charge is 0.235 e. The number of aromatic nitrogens is 1. The van der Waals surface area contributed by atoms with E-state index in [1.807, 2.05) is 36.4 Å². The number of piperazine rings is 1. The van der Waals surface area contributed by atoms with Crippen LogP contribution in [0, 0.1) is 11.3 Å². The van der Waals surface area contributed by atoms with Gasteiger partial charge in [-0.05, 0) is 11.6 Å². The number of hydrogen-bond acceptors (Lipinski definition) is 5. The molecule has 1 fully saturated rings. The zero-order chi connectivity index (χ0) is 14.5. The molecule has 1 saturated heterocycles. The van der Waals surface area contributed by atoms with Crippen molar-refractivity contribution in [3.05, 3.63) is 47.5 Å². The Bertz CT molecular complexity index is 663. The topological polar surface area (TPSA) is 65.1 Å². The van der Waals surface area contributed by atoms with Gasteiger partial charge in [-0.25, -0.2) is 0 Å². The summed E-state index contributed by atoms with van der Waals surface area (Å²) in [6, 6.07) is 12.0. The van der Waals surface area contributed by atoms with Crippen LogP contribution in [0.4, 0.5) is 5.88 Å². The van der Waals surface area contributed by atoms with Crippen molar-refractivity contribution >= 4 is 18.0 Å². The number of rotatable bonds is 3. The fourth-order valence-electron chi connectivity index (χ4n) is 2.29. The Labute approximate surface area is 123 Å². The summed E-state index contributed by atoms with van der Waals surface area (Å²) >= 11 is 0. The lowest BCUT2D eigenvalue weighted by Crippen LogP contribution is -2.43. The fraction of sp³-hybridized carbons (Fsp3) is 0.250. The normalized spacial score (nSPS) is 15.3. The van der Waals surface area contributed by atoms with Crippen molar-refractivity contribution in [3.8, 4) is 6.07 Å². The van der Waals surface area contributed by atoms with Gasteiger partial charge in [0.15, 0.2) is 0 Å². The van der Waals surface area contributed by atoms with Crippen LogP contribution in [0.15, 0.2) is 34.7 Å². The van der Waals surface area contributed by atoms with E-state index in [-0.39, 0.29) is 0 Å². The minimum absolute atomic E-state index is 0.351. The second-order valence-electron chi connectivity index (χ2n) is 4.80. The van der Waals surface area contributed by atoms with Gasteiger partial charge in [-0.2, -0.15) is 10.2 Å². The number of anilines is 1. The molecule has 2 aromatic rings. The molecule has 1 aliphatic heterocycles. The lowest BCUT2D eigenvalue weighted by Gasteiger charge is -2.26. The van der Waals surface area contributed by atoms with E-state index < -0.39 is 0 Å². The lowest BCUT2D eigenvalue weighted by atomic mass is 10.2. The van der Waals surface area contributed by atoms with E-state index in [9.17, 15) is 5.26 Å². The highest BCUT2D eigenvalue weighted by Gasteiger charge is 2.20. The first-order valence-corrected chi connectivity index (χ1v) is 6.96. The van der Waals surface area contributed by atoms with E-state index in [0.29, 0.717) is 17.5 Å². The van der Waals surface area contributed by atoms with Crippen LogP contribution in [0.5, 0.6) is 0 Å². The Kier molecular flexibility index (Phi) is 3.99. The minimum atomic E-state index is 0.351. The molecule has 0 atom stereocenters. The zero-order valence-electron chi connectivity index (χ0n) is 11.6. The minimum Gasteiger partial charge on any atom is -0.420 e. The first kappa shape index (κ1) is 13.4. The van der Waals surface area contributed by atoms with Crippen LogP contribution < -0.4 is 10.2 Å². The molecule has 5 heteroatoms. The third-order valence-corrected chi connectivity index (χ3v) is 3.35. The average Bonchev–Trinajstić information content (AvgIpc) is 2.98. The van der Waals surface area contributed by atoms with Gasteiger partial charge >= 0.3 is 0 Å².